The van der Waals surface area contributed by atoms with Gasteiger partial charge in [0.15, 0.2) is 0 Å². The highest BCUT2D eigenvalue weighted by Crippen LogP contribution is 2.18. The van der Waals surface area contributed by atoms with Crippen molar-refractivity contribution < 1.29 is 4.79 Å². The minimum atomic E-state index is -0.180. The maximum absolute atomic E-state index is 12.8. The van der Waals surface area contributed by atoms with E-state index >= 15 is 0 Å². The van der Waals surface area contributed by atoms with Crippen LogP contribution < -0.4 is 15.8 Å². The van der Waals surface area contributed by atoms with Crippen molar-refractivity contribution in [2.45, 2.75) is 53.1 Å². The first-order valence-electron chi connectivity index (χ1n) is 9.61. The van der Waals surface area contributed by atoms with Crippen LogP contribution in [-0.2, 0) is 17.9 Å². The predicted octanol–water partition coefficient (Wildman–Crippen LogP) is 2.48. The largest absolute Gasteiger partial charge is 0.350 e. The molecule has 1 N–H and O–H groups in total. The van der Waals surface area contributed by atoms with E-state index in [9.17, 15) is 9.59 Å². The van der Waals surface area contributed by atoms with E-state index in [-0.39, 0.29) is 18.0 Å². The van der Waals surface area contributed by atoms with Gasteiger partial charge in [-0.15, -0.1) is 0 Å². The molecule has 3 rings (SSSR count). The minimum Gasteiger partial charge on any atom is -0.350 e. The summed E-state index contributed by atoms with van der Waals surface area (Å²) in [5.74, 6) is 0.439. The van der Waals surface area contributed by atoms with E-state index < -0.39 is 0 Å². The number of aromatic nitrogens is 2. The molecule has 2 heterocycles. The quantitative estimate of drug-likeness (QED) is 0.880. The van der Waals surface area contributed by atoms with E-state index in [0.717, 1.165) is 37.2 Å². The molecular formula is C21H28N4O2. The summed E-state index contributed by atoms with van der Waals surface area (Å²) >= 11 is 0. The van der Waals surface area contributed by atoms with Gasteiger partial charge in [-0.05, 0) is 45.6 Å². The molecule has 1 saturated heterocycles. The molecule has 0 radical (unpaired) electrons. The molecule has 1 aliphatic rings. The van der Waals surface area contributed by atoms with Gasteiger partial charge in [0.1, 0.15) is 6.54 Å². The smallest absolute Gasteiger partial charge is 0.258 e. The molecule has 1 aromatic heterocycles. The van der Waals surface area contributed by atoms with E-state index in [1.54, 1.807) is 6.92 Å². The number of anilines is 1. The number of piperidine rings is 1. The zero-order chi connectivity index (χ0) is 19.4. The topological polar surface area (TPSA) is 67.2 Å². The molecule has 6 heteroatoms. The molecule has 0 saturated carbocycles. The van der Waals surface area contributed by atoms with Gasteiger partial charge in [-0.25, -0.2) is 4.98 Å². The number of nitrogens with zero attached hydrogens (tertiary/aromatic N) is 3. The zero-order valence-corrected chi connectivity index (χ0v) is 16.4. The van der Waals surface area contributed by atoms with Crippen molar-refractivity contribution in [3.63, 3.8) is 0 Å². The molecule has 2 aromatic rings. The summed E-state index contributed by atoms with van der Waals surface area (Å²) in [5.41, 5.74) is 3.42. The Morgan fingerprint density at radius 2 is 1.74 bits per heavy atom. The Morgan fingerprint density at radius 3 is 2.41 bits per heavy atom. The second-order valence-corrected chi connectivity index (χ2v) is 7.32. The van der Waals surface area contributed by atoms with Crippen LogP contribution in [0, 0.1) is 20.8 Å². The van der Waals surface area contributed by atoms with Crippen molar-refractivity contribution in [2.75, 3.05) is 18.0 Å². The van der Waals surface area contributed by atoms with Crippen LogP contribution in [0.5, 0.6) is 0 Å². The molecule has 1 amide bonds. The Bertz CT molecular complexity index is 865. The van der Waals surface area contributed by atoms with Crippen molar-refractivity contribution >= 4 is 11.9 Å². The standard InChI is InChI=1S/C21H28N4O2/c1-15-7-9-18(10-8-15)13-22-19(26)14-25-20(27)16(2)17(3)23-21(25)24-11-5-4-6-12-24/h7-10H,4-6,11-14H2,1-3H3,(H,22,26). The van der Waals surface area contributed by atoms with Gasteiger partial charge in [0.05, 0.1) is 0 Å². The molecule has 0 atom stereocenters. The molecule has 144 valence electrons. The summed E-state index contributed by atoms with van der Waals surface area (Å²) in [6.07, 6.45) is 3.37. The third kappa shape index (κ3) is 4.56. The van der Waals surface area contributed by atoms with Crippen LogP contribution >= 0.6 is 0 Å². The first kappa shape index (κ1) is 19.1. The fourth-order valence-corrected chi connectivity index (χ4v) is 3.33. The third-order valence-corrected chi connectivity index (χ3v) is 5.17. The average molecular weight is 368 g/mol. The summed E-state index contributed by atoms with van der Waals surface area (Å²) in [4.78, 5) is 32.1. The Balaban J connectivity index is 1.77. The maximum atomic E-state index is 12.8. The van der Waals surface area contributed by atoms with Gasteiger partial charge < -0.3 is 10.2 Å². The molecule has 0 bridgehead atoms. The minimum absolute atomic E-state index is 0.00928. The summed E-state index contributed by atoms with van der Waals surface area (Å²) in [6, 6.07) is 8.04. The lowest BCUT2D eigenvalue weighted by atomic mass is 10.1. The number of nitrogens with one attached hydrogen (secondary N) is 1. The lowest BCUT2D eigenvalue weighted by molar-refractivity contribution is -0.121. The summed E-state index contributed by atoms with van der Waals surface area (Å²) < 4.78 is 1.53. The predicted molar refractivity (Wildman–Crippen MR) is 107 cm³/mol. The highest BCUT2D eigenvalue weighted by molar-refractivity contribution is 5.76. The lowest BCUT2D eigenvalue weighted by Crippen LogP contribution is -2.40. The molecule has 6 nitrogen and oxygen atoms in total. The van der Waals surface area contributed by atoms with E-state index in [1.807, 2.05) is 38.1 Å². The highest BCUT2D eigenvalue weighted by atomic mass is 16.2. The Kier molecular flexibility index (Phi) is 5.94. The van der Waals surface area contributed by atoms with Gasteiger partial charge in [-0.1, -0.05) is 29.8 Å². The van der Waals surface area contributed by atoms with Gasteiger partial charge >= 0.3 is 0 Å². The fraction of sp³-hybridized carbons (Fsp3) is 0.476. The second-order valence-electron chi connectivity index (χ2n) is 7.32. The fourth-order valence-electron chi connectivity index (χ4n) is 3.33. The summed E-state index contributed by atoms with van der Waals surface area (Å²) in [7, 11) is 0. The second kappa shape index (κ2) is 8.37. The number of hydrogen-bond donors (Lipinski definition) is 1. The summed E-state index contributed by atoms with van der Waals surface area (Å²) in [5, 5.41) is 2.91. The third-order valence-electron chi connectivity index (χ3n) is 5.17. The first-order valence-corrected chi connectivity index (χ1v) is 9.61. The average Bonchev–Trinajstić information content (AvgIpc) is 2.68. The number of hydrogen-bond acceptors (Lipinski definition) is 4. The van der Waals surface area contributed by atoms with Gasteiger partial charge in [0.25, 0.3) is 5.56 Å². The van der Waals surface area contributed by atoms with Crippen LogP contribution in [0.3, 0.4) is 0 Å². The van der Waals surface area contributed by atoms with Crippen molar-refractivity contribution in [1.82, 2.24) is 14.9 Å². The van der Waals surface area contributed by atoms with E-state index in [2.05, 4.69) is 15.2 Å². The van der Waals surface area contributed by atoms with Crippen molar-refractivity contribution in [3.05, 3.63) is 57.0 Å². The van der Waals surface area contributed by atoms with Gasteiger partial charge in [-0.2, -0.15) is 0 Å². The normalized spacial score (nSPS) is 14.3. The SMILES string of the molecule is Cc1ccc(CNC(=O)Cn2c(N3CCCCC3)nc(C)c(C)c2=O)cc1. The highest BCUT2D eigenvalue weighted by Gasteiger charge is 2.20. The molecule has 0 unspecified atom stereocenters. The number of carbonyl (C=O) groups excluding carboxylic acids is 1. The van der Waals surface area contributed by atoms with E-state index in [1.165, 1.54) is 16.6 Å². The number of carbonyl (C=O) groups is 1. The lowest BCUT2D eigenvalue weighted by Gasteiger charge is -2.30. The van der Waals surface area contributed by atoms with E-state index in [4.69, 9.17) is 0 Å². The molecule has 1 fully saturated rings. The Hall–Kier alpha value is -2.63. The van der Waals surface area contributed by atoms with Crippen LogP contribution in [0.4, 0.5) is 5.95 Å². The Morgan fingerprint density at radius 1 is 1.07 bits per heavy atom. The molecule has 0 spiro atoms. The Labute approximate surface area is 160 Å². The molecule has 1 aliphatic heterocycles. The summed E-state index contributed by atoms with van der Waals surface area (Å²) in [6.45, 7) is 7.84. The molecule has 1 aromatic carbocycles. The molecular weight excluding hydrogens is 340 g/mol. The first-order chi connectivity index (χ1) is 13.0. The van der Waals surface area contributed by atoms with Crippen LogP contribution in [0.25, 0.3) is 0 Å². The van der Waals surface area contributed by atoms with Crippen LogP contribution in [0.15, 0.2) is 29.1 Å². The van der Waals surface area contributed by atoms with Gasteiger partial charge in [0, 0.05) is 30.9 Å². The maximum Gasteiger partial charge on any atom is 0.258 e. The number of aryl methyl sites for hydroxylation is 2. The number of benzene rings is 1. The van der Waals surface area contributed by atoms with Gasteiger partial charge in [0.2, 0.25) is 11.9 Å². The molecule has 0 aliphatic carbocycles. The van der Waals surface area contributed by atoms with E-state index in [0.29, 0.717) is 18.1 Å². The van der Waals surface area contributed by atoms with Crippen molar-refractivity contribution in [3.8, 4) is 0 Å². The van der Waals surface area contributed by atoms with Gasteiger partial charge in [-0.3, -0.25) is 14.2 Å². The molecule has 27 heavy (non-hydrogen) atoms. The van der Waals surface area contributed by atoms with Crippen molar-refractivity contribution in [2.24, 2.45) is 0 Å². The van der Waals surface area contributed by atoms with Crippen molar-refractivity contribution in [1.29, 1.82) is 0 Å². The van der Waals surface area contributed by atoms with Crippen LogP contribution in [0.2, 0.25) is 0 Å². The van der Waals surface area contributed by atoms with Crippen LogP contribution in [-0.4, -0.2) is 28.5 Å². The number of rotatable bonds is 5. The monoisotopic (exact) mass is 368 g/mol. The number of amides is 1. The van der Waals surface area contributed by atoms with Crippen LogP contribution in [0.1, 0.15) is 41.6 Å². The zero-order valence-electron chi connectivity index (χ0n) is 16.4.